The molecule has 3 rings (SSSR count). The van der Waals surface area contributed by atoms with Crippen LogP contribution in [-0.2, 0) is 10.0 Å². The lowest BCUT2D eigenvalue weighted by Gasteiger charge is -2.18. The minimum Gasteiger partial charge on any atom is -0.322 e. The van der Waals surface area contributed by atoms with Gasteiger partial charge in [-0.25, -0.2) is 8.42 Å². The molecular formula is C20H24N2O3S. The van der Waals surface area contributed by atoms with Gasteiger partial charge in [0.15, 0.2) is 0 Å². The van der Waals surface area contributed by atoms with Crippen LogP contribution in [-0.4, -0.2) is 31.7 Å². The first kappa shape index (κ1) is 18.6. The Bertz CT molecular complexity index is 946. The summed E-state index contributed by atoms with van der Waals surface area (Å²) in [5.41, 5.74) is 3.82. The second kappa shape index (κ2) is 7.21. The third-order valence-electron chi connectivity index (χ3n) is 4.99. The lowest BCUT2D eigenvalue weighted by Crippen LogP contribution is -2.28. The van der Waals surface area contributed by atoms with Crippen LogP contribution in [0.3, 0.4) is 0 Å². The van der Waals surface area contributed by atoms with E-state index in [4.69, 9.17) is 0 Å². The van der Waals surface area contributed by atoms with E-state index in [0.29, 0.717) is 24.2 Å². The molecule has 1 amide bonds. The molecule has 0 spiro atoms. The number of hydrogen-bond acceptors (Lipinski definition) is 3. The Labute approximate surface area is 155 Å². The summed E-state index contributed by atoms with van der Waals surface area (Å²) in [5.74, 6) is -0.309. The van der Waals surface area contributed by atoms with Crippen molar-refractivity contribution in [3.05, 3.63) is 58.7 Å². The molecule has 1 aliphatic rings. The fourth-order valence-corrected chi connectivity index (χ4v) is 4.94. The first-order valence-electron chi connectivity index (χ1n) is 8.79. The highest BCUT2D eigenvalue weighted by Crippen LogP contribution is 2.25. The Morgan fingerprint density at radius 1 is 1.00 bits per heavy atom. The van der Waals surface area contributed by atoms with E-state index in [0.717, 1.165) is 29.7 Å². The summed E-state index contributed by atoms with van der Waals surface area (Å²) in [5, 5.41) is 2.89. The summed E-state index contributed by atoms with van der Waals surface area (Å²) in [7, 11) is -3.56. The molecule has 138 valence electrons. The Morgan fingerprint density at radius 3 is 2.38 bits per heavy atom. The van der Waals surface area contributed by atoms with Gasteiger partial charge in [-0.1, -0.05) is 18.2 Å². The molecule has 0 atom stereocenters. The summed E-state index contributed by atoms with van der Waals surface area (Å²) in [6.45, 7) is 6.78. The number of carbonyl (C=O) groups excluding carboxylic acids is 1. The van der Waals surface area contributed by atoms with Crippen molar-refractivity contribution in [1.82, 2.24) is 4.31 Å². The standard InChI is InChI=1S/C20H24N2O3S/c1-14-7-6-8-18(16(14)3)21-20(23)17-10-9-15(2)19(13-17)26(24,25)22-11-4-5-12-22/h6-10,13H,4-5,11-12H2,1-3H3,(H,21,23). The van der Waals surface area contributed by atoms with E-state index in [1.165, 1.54) is 10.4 Å². The minimum absolute atomic E-state index is 0.216. The molecule has 2 aromatic rings. The van der Waals surface area contributed by atoms with Gasteiger partial charge in [-0.15, -0.1) is 0 Å². The number of anilines is 1. The van der Waals surface area contributed by atoms with E-state index < -0.39 is 10.0 Å². The van der Waals surface area contributed by atoms with Crippen LogP contribution >= 0.6 is 0 Å². The lowest BCUT2D eigenvalue weighted by atomic mass is 10.1. The van der Waals surface area contributed by atoms with E-state index in [1.807, 2.05) is 32.0 Å². The number of hydrogen-bond donors (Lipinski definition) is 1. The fraction of sp³-hybridized carbons (Fsp3) is 0.350. The van der Waals surface area contributed by atoms with Crippen LogP contribution in [0.25, 0.3) is 0 Å². The highest BCUT2D eigenvalue weighted by Gasteiger charge is 2.29. The molecule has 1 aliphatic heterocycles. The Balaban J connectivity index is 1.92. The first-order chi connectivity index (χ1) is 12.3. The molecule has 26 heavy (non-hydrogen) atoms. The first-order valence-corrected chi connectivity index (χ1v) is 10.2. The molecule has 0 saturated carbocycles. The van der Waals surface area contributed by atoms with Crippen molar-refractivity contribution < 1.29 is 13.2 Å². The Morgan fingerprint density at radius 2 is 1.69 bits per heavy atom. The molecule has 0 aliphatic carbocycles. The molecule has 0 radical (unpaired) electrons. The summed E-state index contributed by atoms with van der Waals surface area (Å²) < 4.78 is 27.3. The topological polar surface area (TPSA) is 66.5 Å². The second-order valence-corrected chi connectivity index (χ2v) is 8.70. The summed E-state index contributed by atoms with van der Waals surface area (Å²) in [6, 6.07) is 10.6. The van der Waals surface area contributed by atoms with E-state index in [1.54, 1.807) is 19.1 Å². The number of benzene rings is 2. The van der Waals surface area contributed by atoms with Gasteiger partial charge in [-0.2, -0.15) is 4.31 Å². The van der Waals surface area contributed by atoms with Crippen molar-refractivity contribution in [1.29, 1.82) is 0 Å². The SMILES string of the molecule is Cc1ccc(C(=O)Nc2cccc(C)c2C)cc1S(=O)(=O)N1CCCC1. The Kier molecular flexibility index (Phi) is 5.16. The maximum Gasteiger partial charge on any atom is 0.255 e. The molecule has 0 bridgehead atoms. The highest BCUT2D eigenvalue weighted by atomic mass is 32.2. The van der Waals surface area contributed by atoms with E-state index in [2.05, 4.69) is 5.32 Å². The summed E-state index contributed by atoms with van der Waals surface area (Å²) in [4.78, 5) is 12.9. The molecule has 6 heteroatoms. The molecule has 0 aromatic heterocycles. The number of carbonyl (C=O) groups is 1. The second-order valence-electron chi connectivity index (χ2n) is 6.79. The zero-order chi connectivity index (χ0) is 18.9. The van der Waals surface area contributed by atoms with Crippen LogP contribution in [0.5, 0.6) is 0 Å². The number of nitrogens with one attached hydrogen (secondary N) is 1. The van der Waals surface area contributed by atoms with Crippen molar-refractivity contribution >= 4 is 21.6 Å². The highest BCUT2D eigenvalue weighted by molar-refractivity contribution is 7.89. The van der Waals surface area contributed by atoms with Crippen molar-refractivity contribution in [2.75, 3.05) is 18.4 Å². The van der Waals surface area contributed by atoms with Crippen LogP contribution in [0.2, 0.25) is 0 Å². The zero-order valence-electron chi connectivity index (χ0n) is 15.4. The molecule has 1 N–H and O–H groups in total. The van der Waals surface area contributed by atoms with Crippen molar-refractivity contribution in [2.45, 2.75) is 38.5 Å². The zero-order valence-corrected chi connectivity index (χ0v) is 16.2. The molecule has 1 heterocycles. The van der Waals surface area contributed by atoms with Crippen LogP contribution in [0.15, 0.2) is 41.3 Å². The van der Waals surface area contributed by atoms with Gasteiger partial charge in [0.25, 0.3) is 5.91 Å². The van der Waals surface area contributed by atoms with Crippen molar-refractivity contribution in [2.24, 2.45) is 0 Å². The molecular weight excluding hydrogens is 348 g/mol. The van der Waals surface area contributed by atoms with Gasteiger partial charge in [0, 0.05) is 24.3 Å². The average Bonchev–Trinajstić information content (AvgIpc) is 3.14. The molecule has 2 aromatic carbocycles. The fourth-order valence-electron chi connectivity index (χ4n) is 3.17. The number of rotatable bonds is 4. The number of sulfonamides is 1. The van der Waals surface area contributed by atoms with E-state index in [-0.39, 0.29) is 10.8 Å². The molecule has 1 saturated heterocycles. The number of amides is 1. The van der Waals surface area contributed by atoms with Crippen LogP contribution in [0.1, 0.15) is 39.9 Å². The van der Waals surface area contributed by atoms with Crippen molar-refractivity contribution in [3.8, 4) is 0 Å². The average molecular weight is 372 g/mol. The molecule has 5 nitrogen and oxygen atoms in total. The van der Waals surface area contributed by atoms with Crippen molar-refractivity contribution in [3.63, 3.8) is 0 Å². The van der Waals surface area contributed by atoms with Gasteiger partial charge in [-0.3, -0.25) is 4.79 Å². The number of nitrogens with zero attached hydrogens (tertiary/aromatic N) is 1. The van der Waals surface area contributed by atoms with Gasteiger partial charge < -0.3 is 5.32 Å². The maximum absolute atomic E-state index is 12.9. The van der Waals surface area contributed by atoms with Gasteiger partial charge in [0.05, 0.1) is 4.90 Å². The van der Waals surface area contributed by atoms with Crippen LogP contribution < -0.4 is 5.32 Å². The van der Waals surface area contributed by atoms with Crippen LogP contribution in [0, 0.1) is 20.8 Å². The van der Waals surface area contributed by atoms with Gasteiger partial charge in [-0.05, 0) is 68.5 Å². The molecule has 1 fully saturated rings. The summed E-state index contributed by atoms with van der Waals surface area (Å²) in [6.07, 6.45) is 1.76. The van der Waals surface area contributed by atoms with E-state index >= 15 is 0 Å². The van der Waals surface area contributed by atoms with Gasteiger partial charge >= 0.3 is 0 Å². The number of aryl methyl sites for hydroxylation is 2. The van der Waals surface area contributed by atoms with Gasteiger partial charge in [0.2, 0.25) is 10.0 Å². The third-order valence-corrected chi connectivity index (χ3v) is 7.03. The lowest BCUT2D eigenvalue weighted by molar-refractivity contribution is 0.102. The maximum atomic E-state index is 12.9. The molecule has 0 unspecified atom stereocenters. The monoisotopic (exact) mass is 372 g/mol. The third kappa shape index (κ3) is 3.52. The van der Waals surface area contributed by atoms with Gasteiger partial charge in [0.1, 0.15) is 0 Å². The van der Waals surface area contributed by atoms with E-state index in [9.17, 15) is 13.2 Å². The van der Waals surface area contributed by atoms with Crippen LogP contribution in [0.4, 0.5) is 5.69 Å². The smallest absolute Gasteiger partial charge is 0.255 e. The quantitative estimate of drug-likeness (QED) is 0.891. The minimum atomic E-state index is -3.56. The normalized spacial score (nSPS) is 15.2. The largest absolute Gasteiger partial charge is 0.322 e. The predicted molar refractivity (Wildman–Crippen MR) is 103 cm³/mol. The predicted octanol–water partition coefficient (Wildman–Crippen LogP) is 3.65. The summed E-state index contributed by atoms with van der Waals surface area (Å²) >= 11 is 0. The Hall–Kier alpha value is -2.18.